The van der Waals surface area contributed by atoms with E-state index in [1.54, 1.807) is 37.8 Å². The average molecular weight is 3080 g/mol. The molecule has 1 radical (unpaired) electrons. The molecule has 1 aromatic heterocycles. The van der Waals surface area contributed by atoms with Crippen LogP contribution in [-0.2, 0) is 98.2 Å². The minimum atomic E-state index is -1.80. The molecule has 21 nitrogen and oxygen atoms in total. The second-order valence-electron chi connectivity index (χ2n) is 46.7. The Morgan fingerprint density at radius 2 is 0.790 bits per heavy atom. The number of carbonyl (C=O) groups is 4. The Hall–Kier alpha value is 2.42. The Balaban J connectivity index is 0.000000555. The Labute approximate surface area is 988 Å². The molecule has 11 heterocycles. The van der Waals surface area contributed by atoms with E-state index in [9.17, 15) is 19.2 Å². The van der Waals surface area contributed by atoms with Crippen molar-refractivity contribution in [2.75, 3.05) is 39.6 Å². The van der Waals surface area contributed by atoms with Crippen LogP contribution in [0.4, 0.5) is 0 Å². The Bertz CT molecular complexity index is 4690. The summed E-state index contributed by atoms with van der Waals surface area (Å²) in [5, 5.41) is 14.9. The van der Waals surface area contributed by atoms with Gasteiger partial charge in [-0.2, -0.15) is 0 Å². The second kappa shape index (κ2) is 57.9. The SMILES string of the molecule is BrC1=C(Br)C1(Br)Br.CC(C)(C)[Si](C)(C)OCCC12C=CC(=O)C(C=C1)O2.CC(C)(C)[Si](C)(C)OCCC12C=CC(C=CC1=O)O2.CC(C)(C)[Si](C)(C)OCCC12C=CC(O1)C(=O)C(Br)=C2Br.CC(C)(C)[Si](C)(C)OCCC12C=CC(O1)C(Br)=C(Br)C2(Br)Br.CC(C)(C)[Si](C)(C)OCCC12C=CC(O1)C(Br)=C(Br)C2=O.CC(C)(C)[Si](C)(C)OCCc1ccco1.CCC[CH2][SnH]([CH2]CCC)[CH2]CCC.O.O=[N+]([O-])O.[Ag]. The zero-order valence-electron chi connectivity index (χ0n) is 90.7. The predicted octanol–water partition coefficient (Wildman–Crippen LogP) is 33.2. The van der Waals surface area contributed by atoms with Crippen molar-refractivity contribution in [3.8, 4) is 0 Å². The van der Waals surface area contributed by atoms with Crippen LogP contribution >= 0.6 is 191 Å². The topological polar surface area (TPSA) is 278 Å². The monoisotopic (exact) mass is 3070 g/mol. The van der Waals surface area contributed by atoms with E-state index in [-0.39, 0.29) is 109 Å². The molecule has 11 aliphatic rings. The van der Waals surface area contributed by atoms with Crippen molar-refractivity contribution >= 4 is 284 Å². The fraction of sp³-hybridized carbons (Fsp3) is 0.706. The molecule has 1 aliphatic carbocycles. The van der Waals surface area contributed by atoms with Crippen LogP contribution in [0.1, 0.15) is 222 Å². The second-order valence-corrected chi connectivity index (χ2v) is 98.8. The molecule has 0 amide bonds. The summed E-state index contributed by atoms with van der Waals surface area (Å²) in [4.78, 5) is 56.3. The first-order chi connectivity index (χ1) is 64.1. The Morgan fingerprint density at radius 1 is 0.427 bits per heavy atom. The maximum Gasteiger partial charge on any atom is 0.291 e. The van der Waals surface area contributed by atoms with Crippen LogP contribution < -0.4 is 0 Å². The van der Waals surface area contributed by atoms with Crippen molar-refractivity contribution in [2.45, 2.75) is 410 Å². The van der Waals surface area contributed by atoms with E-state index in [1.165, 1.54) is 38.5 Å². The van der Waals surface area contributed by atoms with E-state index in [4.69, 9.17) is 70.0 Å². The molecule has 823 valence electrons. The number of hydrogen-bond acceptors (Lipinski definition) is 18. The van der Waals surface area contributed by atoms with Crippen LogP contribution in [0.5, 0.6) is 0 Å². The predicted molar refractivity (Wildman–Crippen MR) is 646 cm³/mol. The molecule has 0 saturated carbocycles. The summed E-state index contributed by atoms with van der Waals surface area (Å²) in [6.45, 7) is 78.0. The molecule has 10 aliphatic heterocycles. The first kappa shape index (κ1) is 141. The number of Topliss-reactive ketones (excluding diaryl/α,β-unsaturated/α-hetero) is 2. The fourth-order valence-electron chi connectivity index (χ4n) is 13.9. The van der Waals surface area contributed by atoms with Gasteiger partial charge in [0.1, 0.15) is 53.4 Å². The third-order valence-electron chi connectivity index (χ3n) is 30.0. The molecule has 10 unspecified atom stereocenters. The molecule has 143 heavy (non-hydrogen) atoms. The van der Waals surface area contributed by atoms with Crippen molar-refractivity contribution in [1.82, 2.24) is 0 Å². The largest absolute Gasteiger partial charge is 0.412 e. The standard InChI is InChI=1S/C15H22Br4O2Si.2C15H22Br2O3Si.2C15H24O3Si.C12H22O2Si.3C4H9.C3Br4.Ag.HNO3.H2O.Sn.H/c1-13(2,3)22(4,5)20-9-8-14-7-6-10(21-14)11(16)12(17)15(14,18)19;1-14(2,3)21(4,5)19-9-8-15-7-6-10(20-15)12(18)11(16)13(15)17;1-14(2,3)21(4,5)19-9-8-15-7-6-10(20-15)11(16)12(17)13(15)18;1-14(2,3)19(4,5)17-11-10-15-8-6-12(16)13(18-15)7-9-15;1-14(2,3)19(4,5)17-11-10-15-9-8-12(18-15)6-7-13(15)16;1-12(2,3)15(4,5)14-10-8-11-7-6-9-13-11;3*1-3-4-2;4-1-2(5)3(1,6)7;;2-1(3)4;;;/h6-7,10H,8-9H2,1-5H3;2*6-7,10H,8-9H2,1-5H3;6-9,13H,10-11H2,1-5H3;6-9,12H,10-11H2,1-5H3;6-7,9H,8,10H2,1-5H3;3*1,3-4H2,2H3;;;(H,2,3,4);1H2;;. The van der Waals surface area contributed by atoms with Gasteiger partial charge in [-0.1, -0.05) is 308 Å². The van der Waals surface area contributed by atoms with E-state index in [2.05, 4.69) is 427 Å². The molecule has 0 spiro atoms. The number of furan rings is 1. The third kappa shape index (κ3) is 39.8. The zero-order chi connectivity index (χ0) is 108. The average Bonchev–Trinajstić information content (AvgIpc) is 1.58. The van der Waals surface area contributed by atoms with E-state index in [0.717, 1.165) is 58.5 Å². The number of fused-ring (bicyclic) bond motifs is 10. The number of ketones is 4. The number of rotatable bonds is 33. The minimum absolute atomic E-state index is 0. The van der Waals surface area contributed by atoms with E-state index in [0.29, 0.717) is 61.3 Å². The molecular weight excluding hydrogens is 2910 g/mol. The number of nitrogens with zero attached hydrogens (tertiary/aromatic N) is 1. The van der Waals surface area contributed by atoms with Gasteiger partial charge in [0, 0.05) is 127 Å². The summed E-state index contributed by atoms with van der Waals surface area (Å²) in [5.74, 6) is 1.02. The normalized spacial score (nSPS) is 25.3. The van der Waals surface area contributed by atoms with Crippen molar-refractivity contribution in [3.05, 3.63) is 155 Å². The van der Waals surface area contributed by atoms with Crippen LogP contribution in [-0.4, -0.2) is 213 Å². The van der Waals surface area contributed by atoms with Gasteiger partial charge in [-0.25, -0.2) is 0 Å². The number of allylic oxidation sites excluding steroid dienone is 2. The van der Waals surface area contributed by atoms with Crippen molar-refractivity contribution in [3.63, 3.8) is 0 Å². The van der Waals surface area contributed by atoms with Gasteiger partial charge in [-0.3, -0.25) is 19.2 Å². The molecular formula is C102H167AgBr12NO20Si6Sn. The van der Waals surface area contributed by atoms with Crippen molar-refractivity contribution < 1.29 is 112 Å². The summed E-state index contributed by atoms with van der Waals surface area (Å²) < 4.78 is 83.6. The minimum Gasteiger partial charge on any atom is -0.412 e. The Kier molecular flexibility index (Phi) is 57.3. The first-order valence-electron chi connectivity index (χ1n) is 49.2. The van der Waals surface area contributed by atoms with Gasteiger partial charge < -0.3 is 65.3 Å². The molecule has 10 atom stereocenters. The number of alkyl halides is 4. The van der Waals surface area contributed by atoms with E-state index in [1.807, 2.05) is 66.8 Å². The van der Waals surface area contributed by atoms with Crippen LogP contribution in [0.25, 0.3) is 0 Å². The number of carbonyl (C=O) groups excluding carboxylic acids is 4. The molecule has 1 aromatic rings. The van der Waals surface area contributed by atoms with Gasteiger partial charge >= 0.3 is 92.4 Å². The summed E-state index contributed by atoms with van der Waals surface area (Å²) in [6.07, 6.45) is 40.3. The number of hydrogen-bond donors (Lipinski definition) is 1. The molecule has 10 bridgehead atoms. The van der Waals surface area contributed by atoms with E-state index < -0.39 is 112 Å². The van der Waals surface area contributed by atoms with Gasteiger partial charge in [-0.05, 0) is 214 Å². The summed E-state index contributed by atoms with van der Waals surface area (Å²) in [7, 11) is -10.3. The maximum atomic E-state index is 12.5. The first-order valence-corrected chi connectivity index (χ1v) is 83.2. The van der Waals surface area contributed by atoms with Gasteiger partial charge in [0.15, 0.2) is 72.7 Å². The molecule has 0 aromatic carbocycles. The third-order valence-corrected chi connectivity index (χ3v) is 84.1. The number of unbranched alkanes of at least 4 members (excludes halogenated alkanes) is 3. The van der Waals surface area contributed by atoms with Gasteiger partial charge in [0.2, 0.25) is 11.6 Å². The number of halogens is 12. The smallest absolute Gasteiger partial charge is 0.291 e. The van der Waals surface area contributed by atoms with Gasteiger partial charge in [-0.15, -0.1) is 10.1 Å². The summed E-state index contributed by atoms with van der Waals surface area (Å²) >= 11 is 40.9. The maximum absolute atomic E-state index is 12.5. The molecule has 41 heteroatoms. The summed E-state index contributed by atoms with van der Waals surface area (Å²) in [5.41, 5.74) is -3.04. The van der Waals surface area contributed by atoms with E-state index >= 15 is 0 Å². The van der Waals surface area contributed by atoms with Crippen LogP contribution in [0.3, 0.4) is 0 Å². The fourth-order valence-corrected chi connectivity index (χ4v) is 38.9. The molecule has 0 fully saturated rings. The zero-order valence-corrected chi connectivity index (χ0v) is 121. The molecule has 3 N–H and O–H groups in total. The molecule has 0 saturated heterocycles. The van der Waals surface area contributed by atoms with Crippen LogP contribution in [0.15, 0.2) is 144 Å². The summed E-state index contributed by atoms with van der Waals surface area (Å²) in [6, 6.07) is 3.91. The van der Waals surface area contributed by atoms with Crippen molar-refractivity contribution in [1.29, 1.82) is 0 Å². The van der Waals surface area contributed by atoms with Gasteiger partial charge in [0.05, 0.1) is 21.3 Å². The quantitative estimate of drug-likeness (QED) is 0.0225. The number of ether oxygens (including phenoxy) is 5. The molecule has 12 rings (SSSR count). The van der Waals surface area contributed by atoms with Crippen molar-refractivity contribution in [2.24, 2.45) is 0 Å². The van der Waals surface area contributed by atoms with Crippen LogP contribution in [0, 0.1) is 10.1 Å². The van der Waals surface area contributed by atoms with Crippen LogP contribution in [0.2, 0.25) is 122 Å². The van der Waals surface area contributed by atoms with Gasteiger partial charge in [0.25, 0.3) is 5.09 Å². The Morgan fingerprint density at radius 3 is 1.20 bits per heavy atom.